The van der Waals surface area contributed by atoms with E-state index >= 15 is 0 Å². The summed E-state index contributed by atoms with van der Waals surface area (Å²) in [5.41, 5.74) is 1.27. The number of benzene rings is 2. The molecule has 0 saturated carbocycles. The molecule has 2 heterocycles. The van der Waals surface area contributed by atoms with E-state index in [0.29, 0.717) is 17.3 Å². The van der Waals surface area contributed by atoms with Crippen LogP contribution >= 0.6 is 0 Å². The first-order valence-corrected chi connectivity index (χ1v) is 11.1. The number of nitrogens with one attached hydrogen (secondary N) is 2. The minimum absolute atomic E-state index is 0.168. The zero-order chi connectivity index (χ0) is 21.0. The summed E-state index contributed by atoms with van der Waals surface area (Å²) in [6, 6.07) is 15.0. The predicted molar refractivity (Wildman–Crippen MR) is 117 cm³/mol. The van der Waals surface area contributed by atoms with E-state index in [1.165, 1.54) is 19.2 Å². The van der Waals surface area contributed by atoms with Crippen LogP contribution in [0.1, 0.15) is 12.8 Å². The lowest BCUT2D eigenvalue weighted by Gasteiger charge is -2.16. The van der Waals surface area contributed by atoms with Crippen LogP contribution in [0.3, 0.4) is 0 Å². The summed E-state index contributed by atoms with van der Waals surface area (Å²) < 4.78 is 32.7. The Morgan fingerprint density at radius 2 is 1.60 bits per heavy atom. The minimum atomic E-state index is -3.68. The van der Waals surface area contributed by atoms with Gasteiger partial charge in [0.25, 0.3) is 10.0 Å². The average molecular weight is 426 g/mol. The molecule has 9 heteroatoms. The predicted octanol–water partition coefficient (Wildman–Crippen LogP) is 3.63. The molecule has 30 heavy (non-hydrogen) atoms. The molecule has 0 unspecified atom stereocenters. The van der Waals surface area contributed by atoms with Gasteiger partial charge in [-0.05, 0) is 67.4 Å². The number of sulfonamides is 1. The molecule has 3 aromatic rings. The van der Waals surface area contributed by atoms with Crippen LogP contribution in [0.25, 0.3) is 0 Å². The first kappa shape index (κ1) is 20.0. The van der Waals surface area contributed by atoms with Crippen molar-refractivity contribution in [3.05, 3.63) is 60.8 Å². The quantitative estimate of drug-likeness (QED) is 0.597. The SMILES string of the molecule is COc1ccc(S(=O)(=O)Nc2ccc(Nc3ccnc(N4CCCC4)n3)cc2)cc1. The van der Waals surface area contributed by atoms with Gasteiger partial charge in [-0.15, -0.1) is 0 Å². The summed E-state index contributed by atoms with van der Waals surface area (Å²) in [5.74, 6) is 2.02. The molecule has 2 N–H and O–H groups in total. The maximum Gasteiger partial charge on any atom is 0.261 e. The van der Waals surface area contributed by atoms with E-state index in [4.69, 9.17) is 4.74 Å². The smallest absolute Gasteiger partial charge is 0.261 e. The van der Waals surface area contributed by atoms with Crippen LogP contribution in [-0.4, -0.2) is 38.6 Å². The standard InChI is InChI=1S/C21H23N5O3S/c1-29-18-8-10-19(11-9-18)30(27,28)25-17-6-4-16(5-7-17)23-20-12-13-22-21(24-20)26-14-2-3-15-26/h4-13,25H,2-3,14-15H2,1H3,(H,22,23,24). The highest BCUT2D eigenvalue weighted by Gasteiger charge is 2.16. The van der Waals surface area contributed by atoms with Crippen LogP contribution in [0.15, 0.2) is 65.7 Å². The fourth-order valence-corrected chi connectivity index (χ4v) is 4.28. The maximum atomic E-state index is 12.6. The molecule has 156 valence electrons. The van der Waals surface area contributed by atoms with Gasteiger partial charge in [0.1, 0.15) is 11.6 Å². The van der Waals surface area contributed by atoms with Crippen molar-refractivity contribution in [1.29, 1.82) is 0 Å². The number of ether oxygens (including phenoxy) is 1. The topological polar surface area (TPSA) is 96.5 Å². The van der Waals surface area contributed by atoms with Crippen molar-refractivity contribution < 1.29 is 13.2 Å². The number of rotatable bonds is 7. The van der Waals surface area contributed by atoms with Crippen molar-refractivity contribution in [2.75, 3.05) is 35.1 Å². The van der Waals surface area contributed by atoms with Crippen molar-refractivity contribution in [3.63, 3.8) is 0 Å². The normalized spacial score (nSPS) is 13.8. The number of nitrogens with zero attached hydrogens (tertiary/aromatic N) is 3. The third-order valence-corrected chi connectivity index (χ3v) is 6.21. The number of hydrogen-bond donors (Lipinski definition) is 2. The van der Waals surface area contributed by atoms with Crippen LogP contribution in [0, 0.1) is 0 Å². The van der Waals surface area contributed by atoms with Gasteiger partial charge in [-0.2, -0.15) is 4.98 Å². The fourth-order valence-electron chi connectivity index (χ4n) is 3.23. The molecular formula is C21H23N5O3S. The van der Waals surface area contributed by atoms with E-state index in [1.807, 2.05) is 0 Å². The van der Waals surface area contributed by atoms with E-state index in [9.17, 15) is 8.42 Å². The Kier molecular flexibility index (Phi) is 5.71. The third-order valence-electron chi connectivity index (χ3n) is 4.81. The minimum Gasteiger partial charge on any atom is -0.497 e. The van der Waals surface area contributed by atoms with Crippen LogP contribution in [-0.2, 0) is 10.0 Å². The fraction of sp³-hybridized carbons (Fsp3) is 0.238. The van der Waals surface area contributed by atoms with Gasteiger partial charge in [-0.25, -0.2) is 13.4 Å². The largest absolute Gasteiger partial charge is 0.497 e. The van der Waals surface area contributed by atoms with Gasteiger partial charge in [0.15, 0.2) is 0 Å². The zero-order valence-electron chi connectivity index (χ0n) is 16.6. The summed E-state index contributed by atoms with van der Waals surface area (Å²) in [7, 11) is -2.14. The molecule has 0 bridgehead atoms. The molecule has 1 aliphatic heterocycles. The molecule has 1 saturated heterocycles. The molecule has 1 fully saturated rings. The molecule has 0 spiro atoms. The lowest BCUT2D eigenvalue weighted by molar-refractivity contribution is 0.414. The molecule has 2 aromatic carbocycles. The van der Waals surface area contributed by atoms with Crippen molar-refractivity contribution in [1.82, 2.24) is 9.97 Å². The van der Waals surface area contributed by atoms with Gasteiger partial charge >= 0.3 is 0 Å². The van der Waals surface area contributed by atoms with Crippen LogP contribution < -0.4 is 19.7 Å². The highest BCUT2D eigenvalue weighted by atomic mass is 32.2. The molecule has 1 aliphatic rings. The molecule has 0 radical (unpaired) electrons. The first-order valence-electron chi connectivity index (χ1n) is 9.65. The van der Waals surface area contributed by atoms with Gasteiger partial charge in [-0.1, -0.05) is 0 Å². The summed E-state index contributed by atoms with van der Waals surface area (Å²) in [4.78, 5) is 11.3. The van der Waals surface area contributed by atoms with E-state index < -0.39 is 10.0 Å². The second-order valence-electron chi connectivity index (χ2n) is 6.92. The van der Waals surface area contributed by atoms with E-state index in [-0.39, 0.29) is 4.90 Å². The molecule has 0 atom stereocenters. The van der Waals surface area contributed by atoms with Gasteiger partial charge in [0, 0.05) is 30.7 Å². The van der Waals surface area contributed by atoms with Crippen LogP contribution in [0.2, 0.25) is 0 Å². The van der Waals surface area contributed by atoms with Gasteiger partial charge < -0.3 is 15.0 Å². The number of methoxy groups -OCH3 is 1. The van der Waals surface area contributed by atoms with Crippen LogP contribution in [0.5, 0.6) is 5.75 Å². The summed E-state index contributed by atoms with van der Waals surface area (Å²) in [5, 5.41) is 3.23. The maximum absolute atomic E-state index is 12.6. The Morgan fingerprint density at radius 3 is 2.27 bits per heavy atom. The van der Waals surface area contributed by atoms with Crippen molar-refractivity contribution >= 4 is 33.2 Å². The van der Waals surface area contributed by atoms with E-state index in [2.05, 4.69) is 24.9 Å². The first-order chi connectivity index (χ1) is 14.5. The molecule has 4 rings (SSSR count). The average Bonchev–Trinajstić information content (AvgIpc) is 3.30. The molecule has 1 aromatic heterocycles. The second-order valence-corrected chi connectivity index (χ2v) is 8.60. The van der Waals surface area contributed by atoms with Crippen molar-refractivity contribution in [3.8, 4) is 5.75 Å². The Balaban J connectivity index is 1.43. The zero-order valence-corrected chi connectivity index (χ0v) is 17.4. The summed E-state index contributed by atoms with van der Waals surface area (Å²) in [6.07, 6.45) is 4.06. The number of aromatic nitrogens is 2. The third kappa shape index (κ3) is 4.62. The van der Waals surface area contributed by atoms with Crippen molar-refractivity contribution in [2.45, 2.75) is 17.7 Å². The molecule has 0 aliphatic carbocycles. The molecule has 0 amide bonds. The Bertz CT molecular complexity index is 1100. The van der Waals surface area contributed by atoms with E-state index in [1.54, 1.807) is 48.7 Å². The highest BCUT2D eigenvalue weighted by Crippen LogP contribution is 2.23. The Morgan fingerprint density at radius 1 is 0.933 bits per heavy atom. The summed E-state index contributed by atoms with van der Waals surface area (Å²) in [6.45, 7) is 1.96. The second kappa shape index (κ2) is 8.58. The number of anilines is 4. The lowest BCUT2D eigenvalue weighted by atomic mass is 10.3. The van der Waals surface area contributed by atoms with Crippen LogP contribution in [0.4, 0.5) is 23.1 Å². The van der Waals surface area contributed by atoms with Gasteiger partial charge in [-0.3, -0.25) is 4.72 Å². The molecular weight excluding hydrogens is 402 g/mol. The van der Waals surface area contributed by atoms with Gasteiger partial charge in [0.2, 0.25) is 5.95 Å². The Hall–Kier alpha value is -3.33. The van der Waals surface area contributed by atoms with Crippen molar-refractivity contribution in [2.24, 2.45) is 0 Å². The highest BCUT2D eigenvalue weighted by molar-refractivity contribution is 7.92. The lowest BCUT2D eigenvalue weighted by Crippen LogP contribution is -2.20. The van der Waals surface area contributed by atoms with Gasteiger partial charge in [0.05, 0.1) is 12.0 Å². The monoisotopic (exact) mass is 425 g/mol. The van der Waals surface area contributed by atoms with E-state index in [0.717, 1.165) is 37.6 Å². The number of hydrogen-bond acceptors (Lipinski definition) is 7. The Labute approximate surface area is 176 Å². The summed E-state index contributed by atoms with van der Waals surface area (Å²) >= 11 is 0. The molecule has 8 nitrogen and oxygen atoms in total.